The number of amidine groups is 1. The van der Waals surface area contributed by atoms with Gasteiger partial charge < -0.3 is 25.4 Å². The molecule has 1 aliphatic heterocycles. The molecule has 0 aliphatic carbocycles. The number of carbonyl (C=O) groups is 2. The molecule has 0 spiro atoms. The number of nitrogen functional groups attached to an aromatic ring is 1. The quantitative estimate of drug-likeness (QED) is 0.127. The molecule has 4 aromatic rings. The topological polar surface area (TPSA) is 164 Å². The Bertz CT molecular complexity index is 1780. The first kappa shape index (κ1) is 33.2. The number of nitrogens with zero attached hydrogens (tertiary/aromatic N) is 1. The average Bonchev–Trinajstić information content (AvgIpc) is 3.09. The molecular formula is C35H37N5O6S. The zero-order valence-electron chi connectivity index (χ0n) is 25.7. The molecule has 12 heteroatoms. The number of anilines is 1. The smallest absolute Gasteiger partial charge is 0.410 e. The van der Waals surface area contributed by atoms with Crippen molar-refractivity contribution in [2.45, 2.75) is 42.9 Å². The van der Waals surface area contributed by atoms with E-state index in [0.29, 0.717) is 48.5 Å². The van der Waals surface area contributed by atoms with E-state index in [1.807, 2.05) is 30.3 Å². The molecule has 0 saturated carbocycles. The monoisotopic (exact) mass is 655 g/mol. The van der Waals surface area contributed by atoms with Gasteiger partial charge >= 0.3 is 6.09 Å². The number of ether oxygens (including phenoxy) is 2. The van der Waals surface area contributed by atoms with E-state index in [-0.39, 0.29) is 36.0 Å². The van der Waals surface area contributed by atoms with Crippen molar-refractivity contribution >= 4 is 33.5 Å². The van der Waals surface area contributed by atoms with Crippen molar-refractivity contribution in [1.82, 2.24) is 9.62 Å². The highest BCUT2D eigenvalue weighted by Crippen LogP contribution is 2.22. The van der Waals surface area contributed by atoms with Gasteiger partial charge in [-0.25, -0.2) is 13.2 Å². The predicted octanol–water partition coefficient (Wildman–Crippen LogP) is 4.68. The molecule has 1 unspecified atom stereocenters. The summed E-state index contributed by atoms with van der Waals surface area (Å²) in [5.41, 5.74) is 8.04. The molecular weight excluding hydrogens is 618 g/mol. The molecule has 0 bridgehead atoms. The van der Waals surface area contributed by atoms with Gasteiger partial charge in [0.1, 0.15) is 30.3 Å². The van der Waals surface area contributed by atoms with Crippen molar-refractivity contribution < 1.29 is 27.5 Å². The maximum Gasteiger partial charge on any atom is 0.410 e. The summed E-state index contributed by atoms with van der Waals surface area (Å²) in [5.74, 6) is -0.0954. The third-order valence-corrected chi connectivity index (χ3v) is 9.17. The number of likely N-dealkylation sites (tertiary alicyclic amines) is 1. The summed E-state index contributed by atoms with van der Waals surface area (Å²) < 4.78 is 40.5. The van der Waals surface area contributed by atoms with Crippen molar-refractivity contribution in [3.05, 3.63) is 126 Å². The van der Waals surface area contributed by atoms with Crippen molar-refractivity contribution in [3.63, 3.8) is 0 Å². The van der Waals surface area contributed by atoms with Crippen LogP contribution in [0.5, 0.6) is 5.75 Å². The van der Waals surface area contributed by atoms with Gasteiger partial charge in [-0.2, -0.15) is 4.72 Å². The normalized spacial score (nSPS) is 14.2. The van der Waals surface area contributed by atoms with Gasteiger partial charge in [0, 0.05) is 37.2 Å². The molecule has 1 fully saturated rings. The third-order valence-electron chi connectivity index (χ3n) is 7.68. The number of amides is 2. The van der Waals surface area contributed by atoms with Crippen LogP contribution in [-0.2, 0) is 32.6 Å². The van der Waals surface area contributed by atoms with Gasteiger partial charge in [0.25, 0.3) is 0 Å². The van der Waals surface area contributed by atoms with Gasteiger partial charge in [0.15, 0.2) is 0 Å². The van der Waals surface area contributed by atoms with Crippen LogP contribution in [0.2, 0.25) is 0 Å². The SMILES string of the molecule is N=C(N)c1cccc(NC(=O)C(Cc2ccc(OC3CCN(C(=O)OCc4ccccc4)CC3)cc2)NS(=O)(=O)c2ccccc2)c1. The average molecular weight is 656 g/mol. The number of nitrogens with two attached hydrogens (primary N) is 1. The standard InChI is InChI=1S/C35H37N5O6S/c36-33(37)27-10-7-11-28(23-27)38-34(41)32(39-47(43,44)31-12-5-2-6-13-31)22-25-14-16-29(17-15-25)46-30-18-20-40(21-19-30)35(42)45-24-26-8-3-1-4-9-26/h1-17,23,30,32,39H,18-22,24H2,(H3,36,37)(H,38,41). The van der Waals surface area contributed by atoms with Crippen LogP contribution in [0, 0.1) is 5.41 Å². The Labute approximate surface area is 274 Å². The summed E-state index contributed by atoms with van der Waals surface area (Å²) in [6.07, 6.45) is 0.937. The van der Waals surface area contributed by atoms with Gasteiger partial charge in [-0.1, -0.05) is 72.8 Å². The van der Waals surface area contributed by atoms with Gasteiger partial charge in [-0.15, -0.1) is 0 Å². The molecule has 0 aromatic heterocycles. The van der Waals surface area contributed by atoms with Crippen molar-refractivity contribution in [2.75, 3.05) is 18.4 Å². The Morgan fingerprint density at radius 1 is 0.872 bits per heavy atom. The zero-order valence-corrected chi connectivity index (χ0v) is 26.5. The minimum absolute atomic E-state index is 0.0376. The number of benzene rings is 4. The molecule has 5 rings (SSSR count). The molecule has 47 heavy (non-hydrogen) atoms. The van der Waals surface area contributed by atoms with E-state index in [1.165, 1.54) is 12.1 Å². The lowest BCUT2D eigenvalue weighted by atomic mass is 10.1. The van der Waals surface area contributed by atoms with Crippen LogP contribution in [0.15, 0.2) is 114 Å². The van der Waals surface area contributed by atoms with Crippen molar-refractivity contribution in [1.29, 1.82) is 5.41 Å². The first-order valence-electron chi connectivity index (χ1n) is 15.2. The highest BCUT2D eigenvalue weighted by Gasteiger charge is 2.27. The Kier molecular flexibility index (Phi) is 10.9. The van der Waals surface area contributed by atoms with Gasteiger partial charge in [0.2, 0.25) is 15.9 Å². The summed E-state index contributed by atoms with van der Waals surface area (Å²) in [6, 6.07) is 29.8. The second-order valence-corrected chi connectivity index (χ2v) is 12.9. The first-order valence-corrected chi connectivity index (χ1v) is 16.7. The fourth-order valence-corrected chi connectivity index (χ4v) is 6.35. The minimum Gasteiger partial charge on any atom is -0.490 e. The minimum atomic E-state index is -4.02. The van der Waals surface area contributed by atoms with E-state index in [4.69, 9.17) is 20.6 Å². The lowest BCUT2D eigenvalue weighted by Crippen LogP contribution is -2.45. The van der Waals surface area contributed by atoms with E-state index >= 15 is 0 Å². The first-order chi connectivity index (χ1) is 22.7. The van der Waals surface area contributed by atoms with Gasteiger partial charge in [0.05, 0.1) is 4.90 Å². The highest BCUT2D eigenvalue weighted by atomic mass is 32.2. The Balaban J connectivity index is 1.19. The molecule has 1 saturated heterocycles. The van der Waals surface area contributed by atoms with E-state index in [9.17, 15) is 18.0 Å². The van der Waals surface area contributed by atoms with Crippen molar-refractivity contribution in [2.24, 2.45) is 5.73 Å². The van der Waals surface area contributed by atoms with Crippen LogP contribution in [0.1, 0.15) is 29.5 Å². The largest absolute Gasteiger partial charge is 0.490 e. The highest BCUT2D eigenvalue weighted by molar-refractivity contribution is 7.89. The molecule has 4 aromatic carbocycles. The fraction of sp³-hybridized carbons (Fsp3) is 0.229. The molecule has 244 valence electrons. The van der Waals surface area contributed by atoms with Crippen LogP contribution in [-0.4, -0.2) is 56.4 Å². The van der Waals surface area contributed by atoms with Crippen LogP contribution in [0.4, 0.5) is 10.5 Å². The molecule has 2 amide bonds. The molecule has 11 nitrogen and oxygen atoms in total. The van der Waals surface area contributed by atoms with Crippen molar-refractivity contribution in [3.8, 4) is 5.75 Å². The number of rotatable bonds is 12. The Hall–Kier alpha value is -5.20. The third kappa shape index (κ3) is 9.41. The molecule has 1 atom stereocenters. The molecule has 1 heterocycles. The number of nitrogens with one attached hydrogen (secondary N) is 3. The number of sulfonamides is 1. The summed E-state index contributed by atoms with van der Waals surface area (Å²) in [7, 11) is -4.02. The Morgan fingerprint density at radius 3 is 2.19 bits per heavy atom. The molecule has 5 N–H and O–H groups in total. The number of carbonyl (C=O) groups excluding carboxylic acids is 2. The van der Waals surface area contributed by atoms with Gasteiger partial charge in [-0.05, 0) is 53.9 Å². The van der Waals surface area contributed by atoms with Crippen LogP contribution >= 0.6 is 0 Å². The van der Waals surface area contributed by atoms with E-state index < -0.39 is 22.0 Å². The van der Waals surface area contributed by atoms with Crippen LogP contribution in [0.25, 0.3) is 0 Å². The van der Waals surface area contributed by atoms with E-state index in [2.05, 4.69) is 10.0 Å². The maximum atomic E-state index is 13.4. The molecule has 0 radical (unpaired) electrons. The van der Waals surface area contributed by atoms with Gasteiger partial charge in [-0.3, -0.25) is 10.2 Å². The lowest BCUT2D eigenvalue weighted by molar-refractivity contribution is -0.117. The second-order valence-electron chi connectivity index (χ2n) is 11.2. The number of hydrogen-bond acceptors (Lipinski definition) is 7. The zero-order chi connectivity index (χ0) is 33.2. The maximum absolute atomic E-state index is 13.4. The fourth-order valence-electron chi connectivity index (χ4n) is 5.14. The molecule has 1 aliphatic rings. The number of piperidine rings is 1. The summed E-state index contributed by atoms with van der Waals surface area (Å²) in [4.78, 5) is 27.7. The lowest BCUT2D eigenvalue weighted by Gasteiger charge is -2.31. The summed E-state index contributed by atoms with van der Waals surface area (Å²) in [5, 5.41) is 10.4. The van der Waals surface area contributed by atoms with E-state index in [1.54, 1.807) is 71.6 Å². The Morgan fingerprint density at radius 2 is 1.53 bits per heavy atom. The van der Waals surface area contributed by atoms with E-state index in [0.717, 1.165) is 5.56 Å². The summed E-state index contributed by atoms with van der Waals surface area (Å²) in [6.45, 7) is 1.26. The second kappa shape index (κ2) is 15.4. The summed E-state index contributed by atoms with van der Waals surface area (Å²) >= 11 is 0. The number of hydrogen-bond donors (Lipinski definition) is 4. The van der Waals surface area contributed by atoms with Crippen LogP contribution in [0.3, 0.4) is 0 Å². The van der Waals surface area contributed by atoms with Crippen LogP contribution < -0.4 is 20.5 Å². The predicted molar refractivity (Wildman–Crippen MR) is 179 cm³/mol.